The predicted molar refractivity (Wildman–Crippen MR) is 72.5 cm³/mol. The van der Waals surface area contributed by atoms with Crippen molar-refractivity contribution < 1.29 is 0 Å². The highest BCUT2D eigenvalue weighted by atomic mass is 15.0. The molecule has 87 valence electrons. The van der Waals surface area contributed by atoms with Crippen molar-refractivity contribution in [3.8, 4) is 11.1 Å². The smallest absolute Gasteiger partial charge is 0.0400 e. The SMILES string of the molecule is CN(C)Cc1cccc(-c2cc[c]c(N)c2)c1. The van der Waals surface area contributed by atoms with Gasteiger partial charge in [-0.3, -0.25) is 0 Å². The number of rotatable bonds is 3. The molecule has 0 saturated heterocycles. The normalized spacial score (nSPS) is 10.8. The van der Waals surface area contributed by atoms with Gasteiger partial charge in [0.05, 0.1) is 0 Å². The van der Waals surface area contributed by atoms with Crippen LogP contribution in [0, 0.1) is 6.07 Å². The quantitative estimate of drug-likeness (QED) is 0.814. The largest absolute Gasteiger partial charge is 0.398 e. The fraction of sp³-hybridized carbons (Fsp3) is 0.200. The van der Waals surface area contributed by atoms with Crippen LogP contribution in [0.25, 0.3) is 11.1 Å². The molecule has 0 fully saturated rings. The lowest BCUT2D eigenvalue weighted by Gasteiger charge is -2.11. The molecule has 0 amide bonds. The van der Waals surface area contributed by atoms with E-state index in [0.717, 1.165) is 12.1 Å². The van der Waals surface area contributed by atoms with Gasteiger partial charge in [0.15, 0.2) is 0 Å². The highest BCUT2D eigenvalue weighted by Crippen LogP contribution is 2.22. The van der Waals surface area contributed by atoms with E-state index in [-0.39, 0.29) is 0 Å². The maximum absolute atomic E-state index is 5.75. The van der Waals surface area contributed by atoms with Gasteiger partial charge in [-0.05, 0) is 42.9 Å². The zero-order valence-corrected chi connectivity index (χ0v) is 10.3. The molecule has 0 saturated carbocycles. The van der Waals surface area contributed by atoms with Crippen LogP contribution in [0.15, 0.2) is 42.5 Å². The zero-order chi connectivity index (χ0) is 12.3. The molecule has 0 aliphatic rings. The topological polar surface area (TPSA) is 29.3 Å². The van der Waals surface area contributed by atoms with Crippen LogP contribution in [0.4, 0.5) is 5.69 Å². The summed E-state index contributed by atoms with van der Waals surface area (Å²) in [4.78, 5) is 2.16. The molecule has 0 aliphatic carbocycles. The van der Waals surface area contributed by atoms with Crippen LogP contribution in [0.3, 0.4) is 0 Å². The summed E-state index contributed by atoms with van der Waals surface area (Å²) in [6.07, 6.45) is 0. The minimum atomic E-state index is 0.681. The zero-order valence-electron chi connectivity index (χ0n) is 10.3. The van der Waals surface area contributed by atoms with Gasteiger partial charge in [-0.15, -0.1) is 0 Å². The first-order valence-corrected chi connectivity index (χ1v) is 5.66. The molecule has 0 unspecified atom stereocenters. The minimum absolute atomic E-state index is 0.681. The Bertz CT molecular complexity index is 504. The summed E-state index contributed by atoms with van der Waals surface area (Å²) in [6.45, 7) is 0.947. The number of nitrogens with zero attached hydrogens (tertiary/aromatic N) is 1. The van der Waals surface area contributed by atoms with Gasteiger partial charge in [-0.2, -0.15) is 0 Å². The molecule has 2 nitrogen and oxygen atoms in total. The van der Waals surface area contributed by atoms with E-state index in [0.29, 0.717) is 5.69 Å². The number of benzene rings is 2. The maximum Gasteiger partial charge on any atom is 0.0400 e. The lowest BCUT2D eigenvalue weighted by Crippen LogP contribution is -2.10. The van der Waals surface area contributed by atoms with Crippen LogP contribution in [0.2, 0.25) is 0 Å². The lowest BCUT2D eigenvalue weighted by molar-refractivity contribution is 0.402. The molecular formula is C15H17N2. The van der Waals surface area contributed by atoms with Crippen molar-refractivity contribution in [2.45, 2.75) is 6.54 Å². The van der Waals surface area contributed by atoms with Crippen molar-refractivity contribution in [2.75, 3.05) is 19.8 Å². The fourth-order valence-electron chi connectivity index (χ4n) is 1.88. The summed E-state index contributed by atoms with van der Waals surface area (Å²) in [5.74, 6) is 0. The second-order valence-electron chi connectivity index (χ2n) is 4.47. The van der Waals surface area contributed by atoms with Crippen LogP contribution in [-0.4, -0.2) is 19.0 Å². The highest BCUT2D eigenvalue weighted by molar-refractivity contribution is 5.67. The molecule has 1 radical (unpaired) electrons. The van der Waals surface area contributed by atoms with Crippen molar-refractivity contribution in [1.29, 1.82) is 0 Å². The van der Waals surface area contributed by atoms with Crippen LogP contribution >= 0.6 is 0 Å². The summed E-state index contributed by atoms with van der Waals surface area (Å²) >= 11 is 0. The van der Waals surface area contributed by atoms with Gasteiger partial charge in [0, 0.05) is 18.3 Å². The third kappa shape index (κ3) is 3.08. The summed E-state index contributed by atoms with van der Waals surface area (Å²) in [5.41, 5.74) is 10.1. The first-order valence-electron chi connectivity index (χ1n) is 5.66. The van der Waals surface area contributed by atoms with Crippen molar-refractivity contribution in [1.82, 2.24) is 4.90 Å². The van der Waals surface area contributed by atoms with E-state index in [1.165, 1.54) is 11.1 Å². The molecule has 0 bridgehead atoms. The van der Waals surface area contributed by atoms with Crippen LogP contribution in [0.1, 0.15) is 5.56 Å². The molecule has 0 aromatic heterocycles. The van der Waals surface area contributed by atoms with E-state index in [1.807, 2.05) is 18.2 Å². The standard InChI is InChI=1S/C15H17N2/c1-17(2)11-12-5-3-6-13(9-12)14-7-4-8-15(16)10-14/h3-7,9-10H,11,16H2,1-2H3. The molecule has 2 N–H and O–H groups in total. The molecule has 0 heterocycles. The average molecular weight is 225 g/mol. The highest BCUT2D eigenvalue weighted by Gasteiger charge is 2.00. The molecule has 2 aromatic carbocycles. The molecule has 2 rings (SSSR count). The molecule has 0 spiro atoms. The molecule has 2 heteroatoms. The summed E-state index contributed by atoms with van der Waals surface area (Å²) < 4.78 is 0. The van der Waals surface area contributed by atoms with Gasteiger partial charge in [-0.1, -0.05) is 30.3 Å². The van der Waals surface area contributed by atoms with E-state index in [2.05, 4.69) is 49.3 Å². The summed E-state index contributed by atoms with van der Waals surface area (Å²) in [5, 5.41) is 0. The van der Waals surface area contributed by atoms with Crippen molar-refractivity contribution in [3.63, 3.8) is 0 Å². The monoisotopic (exact) mass is 225 g/mol. The molecule has 2 aromatic rings. The van der Waals surface area contributed by atoms with Crippen LogP contribution in [-0.2, 0) is 6.54 Å². The Kier molecular flexibility index (Phi) is 3.45. The predicted octanol–water partition coefficient (Wildman–Crippen LogP) is 2.80. The maximum atomic E-state index is 5.75. The number of hydrogen-bond donors (Lipinski definition) is 1. The Balaban J connectivity index is 2.33. The van der Waals surface area contributed by atoms with E-state index < -0.39 is 0 Å². The van der Waals surface area contributed by atoms with E-state index in [1.54, 1.807) is 0 Å². The summed E-state index contributed by atoms with van der Waals surface area (Å²) in [6, 6.07) is 17.3. The Hall–Kier alpha value is -1.80. The Morgan fingerprint density at radius 1 is 1.12 bits per heavy atom. The Morgan fingerprint density at radius 3 is 2.59 bits per heavy atom. The molecule has 0 aliphatic heterocycles. The van der Waals surface area contributed by atoms with E-state index in [9.17, 15) is 0 Å². The minimum Gasteiger partial charge on any atom is -0.398 e. The molecule has 17 heavy (non-hydrogen) atoms. The fourth-order valence-corrected chi connectivity index (χ4v) is 1.88. The van der Waals surface area contributed by atoms with E-state index in [4.69, 9.17) is 5.73 Å². The first kappa shape index (κ1) is 11.7. The number of nitrogens with two attached hydrogens (primary N) is 1. The second kappa shape index (κ2) is 5.02. The van der Waals surface area contributed by atoms with Gasteiger partial charge >= 0.3 is 0 Å². The van der Waals surface area contributed by atoms with Gasteiger partial charge in [0.2, 0.25) is 0 Å². The number of anilines is 1. The van der Waals surface area contributed by atoms with E-state index >= 15 is 0 Å². The van der Waals surface area contributed by atoms with Crippen LogP contribution in [0.5, 0.6) is 0 Å². The number of hydrogen-bond acceptors (Lipinski definition) is 2. The second-order valence-corrected chi connectivity index (χ2v) is 4.47. The Morgan fingerprint density at radius 2 is 1.88 bits per heavy atom. The van der Waals surface area contributed by atoms with Crippen molar-refractivity contribution in [3.05, 3.63) is 54.1 Å². The Labute approximate surface area is 103 Å². The van der Waals surface area contributed by atoms with Gasteiger partial charge in [-0.25, -0.2) is 0 Å². The third-order valence-electron chi connectivity index (χ3n) is 2.58. The number of nitrogen functional groups attached to an aromatic ring is 1. The lowest BCUT2D eigenvalue weighted by atomic mass is 10.0. The molecule has 0 atom stereocenters. The first-order chi connectivity index (χ1) is 8.15. The van der Waals surface area contributed by atoms with Crippen LogP contribution < -0.4 is 5.73 Å². The summed E-state index contributed by atoms with van der Waals surface area (Å²) in [7, 11) is 4.14. The van der Waals surface area contributed by atoms with Crippen molar-refractivity contribution >= 4 is 5.69 Å². The van der Waals surface area contributed by atoms with Gasteiger partial charge < -0.3 is 10.6 Å². The van der Waals surface area contributed by atoms with Crippen molar-refractivity contribution in [2.24, 2.45) is 0 Å². The van der Waals surface area contributed by atoms with Gasteiger partial charge in [0.1, 0.15) is 0 Å². The average Bonchev–Trinajstić information content (AvgIpc) is 2.28. The van der Waals surface area contributed by atoms with Gasteiger partial charge in [0.25, 0.3) is 0 Å². The molecular weight excluding hydrogens is 208 g/mol. The third-order valence-corrected chi connectivity index (χ3v) is 2.58.